The summed E-state index contributed by atoms with van der Waals surface area (Å²) in [5, 5.41) is 10.4. The summed E-state index contributed by atoms with van der Waals surface area (Å²) < 4.78 is 0. The molecule has 0 heterocycles. The Morgan fingerprint density at radius 2 is 1.47 bits per heavy atom. The van der Waals surface area contributed by atoms with Crippen molar-refractivity contribution >= 4 is 33.4 Å². The zero-order valence-electron chi connectivity index (χ0n) is 19.9. The predicted molar refractivity (Wildman–Crippen MR) is 139 cm³/mol. The molecule has 4 rings (SSSR count). The van der Waals surface area contributed by atoms with Gasteiger partial charge in [-0.3, -0.25) is 9.59 Å². The van der Waals surface area contributed by atoms with Gasteiger partial charge in [-0.15, -0.1) is 0 Å². The van der Waals surface area contributed by atoms with E-state index in [4.69, 9.17) is 0 Å². The molecule has 0 radical (unpaired) electrons. The van der Waals surface area contributed by atoms with Gasteiger partial charge in [-0.1, -0.05) is 84.9 Å². The highest BCUT2D eigenvalue weighted by Gasteiger charge is 2.31. The fourth-order valence-corrected chi connectivity index (χ4v) is 4.56. The van der Waals surface area contributed by atoms with Crippen LogP contribution in [0.5, 0.6) is 0 Å². The van der Waals surface area contributed by atoms with Crippen LogP contribution in [-0.4, -0.2) is 49.9 Å². The second kappa shape index (κ2) is 10.5. The third-order valence-electron chi connectivity index (χ3n) is 6.56. The number of rotatable bonds is 8. The lowest BCUT2D eigenvalue weighted by Gasteiger charge is -2.30. The number of benzene rings is 4. The minimum absolute atomic E-state index is 0.107. The number of carbonyl (C=O) groups excluding carboxylic acids is 2. The predicted octanol–water partition coefficient (Wildman–Crippen LogP) is 3.94. The monoisotopic (exact) mass is 453 g/mol. The Hall–Kier alpha value is -3.70. The number of fused-ring (bicyclic) bond motifs is 2. The van der Waals surface area contributed by atoms with Crippen LogP contribution < -0.4 is 10.6 Å². The molecule has 0 fully saturated rings. The normalized spacial score (nSPS) is 12.9. The number of nitrogens with one attached hydrogen (secondary N) is 2. The van der Waals surface area contributed by atoms with Gasteiger partial charge in [0.1, 0.15) is 6.04 Å². The van der Waals surface area contributed by atoms with Crippen LogP contribution in [-0.2, 0) is 22.4 Å². The Balaban J connectivity index is 1.57. The van der Waals surface area contributed by atoms with Crippen LogP contribution in [0.2, 0.25) is 0 Å². The van der Waals surface area contributed by atoms with Gasteiger partial charge in [-0.2, -0.15) is 0 Å². The zero-order valence-corrected chi connectivity index (χ0v) is 19.9. The standard InChI is InChI=1S/C29H31N3O2/c1-30-26(18-20-15-16-21-9-4-5-11-23(21)17-20)29(34)32(3)27(28(33)31-2)19-24-13-8-12-22-10-6-7-14-25(22)24/h4-17,26-27,30H,18-19H2,1-3H3,(H,31,33)/t26-,27-/m1/s1. The van der Waals surface area contributed by atoms with E-state index in [9.17, 15) is 9.59 Å². The Bertz CT molecular complexity index is 1310. The fourth-order valence-electron chi connectivity index (χ4n) is 4.56. The summed E-state index contributed by atoms with van der Waals surface area (Å²) >= 11 is 0. The first-order valence-electron chi connectivity index (χ1n) is 11.6. The molecule has 0 spiro atoms. The number of nitrogens with zero attached hydrogens (tertiary/aromatic N) is 1. The minimum atomic E-state index is -0.615. The Morgan fingerprint density at radius 1 is 0.794 bits per heavy atom. The van der Waals surface area contributed by atoms with E-state index in [0.29, 0.717) is 12.8 Å². The molecular formula is C29H31N3O2. The van der Waals surface area contributed by atoms with E-state index in [0.717, 1.165) is 27.3 Å². The molecule has 0 aliphatic carbocycles. The summed E-state index contributed by atoms with van der Waals surface area (Å²) in [7, 11) is 5.12. The third kappa shape index (κ3) is 4.95. The molecular weight excluding hydrogens is 422 g/mol. The highest BCUT2D eigenvalue weighted by molar-refractivity contribution is 5.91. The van der Waals surface area contributed by atoms with Crippen LogP contribution >= 0.6 is 0 Å². The molecule has 4 aromatic rings. The number of hydrogen-bond donors (Lipinski definition) is 2. The lowest BCUT2D eigenvalue weighted by molar-refractivity contribution is -0.140. The summed E-state index contributed by atoms with van der Waals surface area (Å²) in [5.74, 6) is -0.283. The van der Waals surface area contributed by atoms with E-state index in [2.05, 4.69) is 59.2 Å². The molecule has 0 saturated heterocycles. The maximum atomic E-state index is 13.5. The van der Waals surface area contributed by atoms with E-state index >= 15 is 0 Å². The van der Waals surface area contributed by atoms with Crippen molar-refractivity contribution in [2.75, 3.05) is 21.1 Å². The van der Waals surface area contributed by atoms with E-state index in [1.54, 1.807) is 26.0 Å². The van der Waals surface area contributed by atoms with Gasteiger partial charge in [0.25, 0.3) is 0 Å². The summed E-state index contributed by atoms with van der Waals surface area (Å²) in [5.41, 5.74) is 2.12. The van der Waals surface area contributed by atoms with Crippen molar-refractivity contribution in [3.63, 3.8) is 0 Å². The highest BCUT2D eigenvalue weighted by atomic mass is 16.2. The van der Waals surface area contributed by atoms with Crippen molar-refractivity contribution in [1.82, 2.24) is 15.5 Å². The minimum Gasteiger partial charge on any atom is -0.357 e. The Labute approximate surface area is 200 Å². The van der Waals surface area contributed by atoms with E-state index in [1.165, 1.54) is 5.39 Å². The van der Waals surface area contributed by atoms with Crippen LogP contribution in [0, 0.1) is 0 Å². The van der Waals surface area contributed by atoms with Gasteiger partial charge >= 0.3 is 0 Å². The molecule has 174 valence electrons. The van der Waals surface area contributed by atoms with Gasteiger partial charge in [0.05, 0.1) is 6.04 Å². The summed E-state index contributed by atoms with van der Waals surface area (Å²) in [6, 6.07) is 27.6. The van der Waals surface area contributed by atoms with Gasteiger partial charge in [0.2, 0.25) is 11.8 Å². The lowest BCUT2D eigenvalue weighted by atomic mass is 9.96. The van der Waals surface area contributed by atoms with Gasteiger partial charge in [-0.25, -0.2) is 0 Å². The van der Waals surface area contributed by atoms with Crippen molar-refractivity contribution < 1.29 is 9.59 Å². The van der Waals surface area contributed by atoms with Crippen molar-refractivity contribution in [2.24, 2.45) is 0 Å². The van der Waals surface area contributed by atoms with Crippen molar-refractivity contribution in [2.45, 2.75) is 24.9 Å². The van der Waals surface area contributed by atoms with Crippen LogP contribution in [0.4, 0.5) is 0 Å². The van der Waals surface area contributed by atoms with E-state index in [-0.39, 0.29) is 11.8 Å². The van der Waals surface area contributed by atoms with Gasteiger partial charge < -0.3 is 15.5 Å². The second-order valence-corrected chi connectivity index (χ2v) is 8.65. The highest BCUT2D eigenvalue weighted by Crippen LogP contribution is 2.22. The van der Waals surface area contributed by atoms with Crippen molar-refractivity contribution in [3.8, 4) is 0 Å². The van der Waals surface area contributed by atoms with Gasteiger partial charge in [0.15, 0.2) is 0 Å². The summed E-state index contributed by atoms with van der Waals surface area (Å²) in [4.78, 5) is 28.0. The fraction of sp³-hybridized carbons (Fsp3) is 0.241. The molecule has 0 aromatic heterocycles. The maximum absolute atomic E-state index is 13.5. The number of hydrogen-bond acceptors (Lipinski definition) is 3. The maximum Gasteiger partial charge on any atom is 0.242 e. The zero-order chi connectivity index (χ0) is 24.1. The quantitative estimate of drug-likeness (QED) is 0.425. The molecule has 2 atom stereocenters. The lowest BCUT2D eigenvalue weighted by Crippen LogP contribution is -2.54. The molecule has 2 amide bonds. The first-order chi connectivity index (χ1) is 16.5. The second-order valence-electron chi connectivity index (χ2n) is 8.65. The number of carbonyl (C=O) groups is 2. The largest absolute Gasteiger partial charge is 0.357 e. The first-order valence-corrected chi connectivity index (χ1v) is 11.6. The van der Waals surface area contributed by atoms with E-state index < -0.39 is 12.1 Å². The van der Waals surface area contributed by atoms with Crippen molar-refractivity contribution in [1.29, 1.82) is 0 Å². The first kappa shape index (κ1) is 23.5. The van der Waals surface area contributed by atoms with Gasteiger partial charge in [0, 0.05) is 20.5 Å². The topological polar surface area (TPSA) is 61.4 Å². The van der Waals surface area contributed by atoms with Crippen LogP contribution in [0.15, 0.2) is 84.9 Å². The third-order valence-corrected chi connectivity index (χ3v) is 6.56. The molecule has 4 aromatic carbocycles. The smallest absolute Gasteiger partial charge is 0.242 e. The molecule has 5 heteroatoms. The van der Waals surface area contributed by atoms with Crippen LogP contribution in [0.1, 0.15) is 11.1 Å². The molecule has 2 N–H and O–H groups in total. The molecule has 5 nitrogen and oxygen atoms in total. The summed E-state index contributed by atoms with van der Waals surface area (Å²) in [6.07, 6.45) is 0.981. The Kier molecular flexibility index (Phi) is 7.24. The van der Waals surface area contributed by atoms with Crippen LogP contribution in [0.3, 0.4) is 0 Å². The molecule has 0 aliphatic rings. The molecule has 0 saturated carbocycles. The van der Waals surface area contributed by atoms with Crippen LogP contribution in [0.25, 0.3) is 21.5 Å². The number of likely N-dealkylation sites (N-methyl/N-ethyl adjacent to an activating group) is 3. The molecule has 0 aliphatic heterocycles. The van der Waals surface area contributed by atoms with Crippen molar-refractivity contribution in [3.05, 3.63) is 96.1 Å². The summed E-state index contributed by atoms with van der Waals surface area (Å²) in [6.45, 7) is 0. The molecule has 0 unspecified atom stereocenters. The average Bonchev–Trinajstić information content (AvgIpc) is 2.89. The Morgan fingerprint density at radius 3 is 2.21 bits per heavy atom. The SMILES string of the molecule is CNC(=O)[C@@H](Cc1cccc2ccccc12)N(C)C(=O)[C@@H](Cc1ccc2ccccc2c1)NC. The van der Waals surface area contributed by atoms with E-state index in [1.807, 2.05) is 36.4 Å². The molecule has 34 heavy (non-hydrogen) atoms. The number of amides is 2. The molecule has 0 bridgehead atoms. The van der Waals surface area contributed by atoms with Gasteiger partial charge in [-0.05, 0) is 46.1 Å². The average molecular weight is 454 g/mol.